The van der Waals surface area contributed by atoms with Crippen molar-refractivity contribution < 1.29 is 9.59 Å². The lowest BCUT2D eigenvalue weighted by Gasteiger charge is -2.11. The van der Waals surface area contributed by atoms with Gasteiger partial charge in [-0.1, -0.05) is 35.9 Å². The van der Waals surface area contributed by atoms with Crippen molar-refractivity contribution in [3.63, 3.8) is 0 Å². The summed E-state index contributed by atoms with van der Waals surface area (Å²) in [4.78, 5) is 26.1. The molecule has 0 atom stereocenters. The molecule has 0 aliphatic heterocycles. The van der Waals surface area contributed by atoms with Crippen LogP contribution in [0.15, 0.2) is 60.0 Å². The van der Waals surface area contributed by atoms with Gasteiger partial charge in [0.1, 0.15) is 0 Å². The molecule has 126 valence electrons. The molecule has 3 aromatic rings. The van der Waals surface area contributed by atoms with E-state index in [1.165, 1.54) is 0 Å². The summed E-state index contributed by atoms with van der Waals surface area (Å²) in [7, 11) is 0. The number of halogens is 1. The van der Waals surface area contributed by atoms with Gasteiger partial charge < -0.3 is 5.32 Å². The SMILES string of the molecule is Cc1ccc(C(=O)Nc2ccccc2C(=O)Cc2cccs2)cc1Cl. The first-order valence-electron chi connectivity index (χ1n) is 7.76. The number of nitrogens with one attached hydrogen (secondary N) is 1. The standard InChI is InChI=1S/C20H16ClNO2S/c1-13-8-9-14(11-17(13)21)20(24)22-18-7-3-2-6-16(18)19(23)12-15-5-4-10-25-15/h2-11H,12H2,1H3,(H,22,24). The Bertz CT molecular complexity index is 919. The second-order valence-corrected chi connectivity index (χ2v) is 7.08. The highest BCUT2D eigenvalue weighted by atomic mass is 35.5. The zero-order chi connectivity index (χ0) is 17.8. The highest BCUT2D eigenvalue weighted by Gasteiger charge is 2.15. The number of carbonyl (C=O) groups excluding carboxylic acids is 2. The molecule has 0 saturated heterocycles. The molecule has 1 aromatic heterocycles. The molecule has 25 heavy (non-hydrogen) atoms. The van der Waals surface area contributed by atoms with E-state index in [9.17, 15) is 9.59 Å². The fourth-order valence-electron chi connectivity index (χ4n) is 2.43. The Balaban J connectivity index is 1.81. The number of benzene rings is 2. The topological polar surface area (TPSA) is 46.2 Å². The molecule has 1 heterocycles. The number of carbonyl (C=O) groups is 2. The number of ketones is 1. The number of hydrogen-bond donors (Lipinski definition) is 1. The Morgan fingerprint density at radius 1 is 1.08 bits per heavy atom. The number of para-hydroxylation sites is 1. The van der Waals surface area contributed by atoms with Gasteiger partial charge in [-0.15, -0.1) is 11.3 Å². The van der Waals surface area contributed by atoms with Crippen molar-refractivity contribution in [2.45, 2.75) is 13.3 Å². The highest BCUT2D eigenvalue weighted by molar-refractivity contribution is 7.10. The molecule has 5 heteroatoms. The van der Waals surface area contributed by atoms with E-state index >= 15 is 0 Å². The van der Waals surface area contributed by atoms with Gasteiger partial charge in [-0.05, 0) is 48.2 Å². The summed E-state index contributed by atoms with van der Waals surface area (Å²) in [5, 5.41) is 5.30. The molecule has 2 aromatic carbocycles. The van der Waals surface area contributed by atoms with Crippen LogP contribution in [0.1, 0.15) is 31.2 Å². The average Bonchev–Trinajstić information content (AvgIpc) is 3.10. The highest BCUT2D eigenvalue weighted by Crippen LogP contribution is 2.22. The van der Waals surface area contributed by atoms with Crippen molar-refractivity contribution in [3.05, 3.63) is 86.6 Å². The number of anilines is 1. The molecule has 0 aliphatic rings. The summed E-state index contributed by atoms with van der Waals surface area (Å²) in [5.74, 6) is -0.321. The van der Waals surface area contributed by atoms with Crippen LogP contribution in [0.2, 0.25) is 5.02 Å². The number of Topliss-reactive ketones (excluding diaryl/α,β-unsaturated/α-hetero) is 1. The minimum Gasteiger partial charge on any atom is -0.321 e. The summed E-state index contributed by atoms with van der Waals surface area (Å²) in [5.41, 5.74) is 2.37. The number of hydrogen-bond acceptors (Lipinski definition) is 3. The summed E-state index contributed by atoms with van der Waals surface area (Å²) >= 11 is 7.63. The van der Waals surface area contributed by atoms with Gasteiger partial charge in [0, 0.05) is 27.4 Å². The molecule has 0 radical (unpaired) electrons. The smallest absolute Gasteiger partial charge is 0.255 e. The maximum absolute atomic E-state index is 12.6. The number of amides is 1. The fourth-order valence-corrected chi connectivity index (χ4v) is 3.31. The van der Waals surface area contributed by atoms with Crippen molar-refractivity contribution in [3.8, 4) is 0 Å². The maximum atomic E-state index is 12.6. The third kappa shape index (κ3) is 4.16. The summed E-state index contributed by atoms with van der Waals surface area (Å²) < 4.78 is 0. The van der Waals surface area contributed by atoms with Gasteiger partial charge >= 0.3 is 0 Å². The largest absolute Gasteiger partial charge is 0.321 e. The second-order valence-electron chi connectivity index (χ2n) is 5.64. The van der Waals surface area contributed by atoms with Crippen LogP contribution < -0.4 is 5.32 Å². The Hall–Kier alpha value is -2.43. The van der Waals surface area contributed by atoms with E-state index in [0.717, 1.165) is 10.4 Å². The Kier molecular flexibility index (Phi) is 5.31. The van der Waals surface area contributed by atoms with E-state index in [1.807, 2.05) is 24.4 Å². The normalized spacial score (nSPS) is 10.5. The zero-order valence-electron chi connectivity index (χ0n) is 13.6. The van der Waals surface area contributed by atoms with E-state index in [4.69, 9.17) is 11.6 Å². The van der Waals surface area contributed by atoms with E-state index in [-0.39, 0.29) is 11.7 Å². The van der Waals surface area contributed by atoms with E-state index < -0.39 is 0 Å². The van der Waals surface area contributed by atoms with Gasteiger partial charge in [0.2, 0.25) is 0 Å². The molecule has 3 nitrogen and oxygen atoms in total. The van der Waals surface area contributed by atoms with Crippen LogP contribution in [0, 0.1) is 6.92 Å². The van der Waals surface area contributed by atoms with Crippen LogP contribution in [-0.4, -0.2) is 11.7 Å². The van der Waals surface area contributed by atoms with Crippen LogP contribution in [0.4, 0.5) is 5.69 Å². The van der Waals surface area contributed by atoms with E-state index in [0.29, 0.717) is 28.3 Å². The van der Waals surface area contributed by atoms with Crippen LogP contribution in [-0.2, 0) is 6.42 Å². The fraction of sp³-hybridized carbons (Fsp3) is 0.100. The van der Waals surface area contributed by atoms with Gasteiger partial charge in [-0.25, -0.2) is 0 Å². The lowest BCUT2D eigenvalue weighted by molar-refractivity contribution is 0.0994. The van der Waals surface area contributed by atoms with Crippen molar-refractivity contribution in [2.75, 3.05) is 5.32 Å². The molecule has 0 saturated carbocycles. The summed E-state index contributed by atoms with van der Waals surface area (Å²) in [6, 6.07) is 16.0. The predicted octanol–water partition coefficient (Wildman–Crippen LogP) is 5.39. The van der Waals surface area contributed by atoms with Crippen molar-refractivity contribution in [2.24, 2.45) is 0 Å². The zero-order valence-corrected chi connectivity index (χ0v) is 15.2. The first-order valence-corrected chi connectivity index (χ1v) is 9.02. The molecule has 0 bridgehead atoms. The average molecular weight is 370 g/mol. The molecular formula is C20H16ClNO2S. The van der Waals surface area contributed by atoms with Crippen LogP contribution in [0.5, 0.6) is 0 Å². The number of rotatable bonds is 5. The van der Waals surface area contributed by atoms with Crippen LogP contribution in [0.3, 0.4) is 0 Å². The first-order chi connectivity index (χ1) is 12.0. The summed E-state index contributed by atoms with van der Waals surface area (Å²) in [6.45, 7) is 1.88. The monoisotopic (exact) mass is 369 g/mol. The minimum atomic E-state index is -0.293. The van der Waals surface area contributed by atoms with Gasteiger partial charge in [0.15, 0.2) is 5.78 Å². The number of aryl methyl sites for hydroxylation is 1. The quantitative estimate of drug-likeness (QED) is 0.613. The molecule has 0 spiro atoms. The lowest BCUT2D eigenvalue weighted by atomic mass is 10.0. The van der Waals surface area contributed by atoms with Crippen molar-refractivity contribution in [1.82, 2.24) is 0 Å². The van der Waals surface area contributed by atoms with Gasteiger partial charge in [-0.2, -0.15) is 0 Å². The second kappa shape index (κ2) is 7.64. The molecular weight excluding hydrogens is 354 g/mol. The Morgan fingerprint density at radius 3 is 2.60 bits per heavy atom. The Morgan fingerprint density at radius 2 is 1.88 bits per heavy atom. The van der Waals surface area contributed by atoms with Gasteiger partial charge in [-0.3, -0.25) is 9.59 Å². The maximum Gasteiger partial charge on any atom is 0.255 e. The van der Waals surface area contributed by atoms with Crippen LogP contribution >= 0.6 is 22.9 Å². The number of thiophene rings is 1. The molecule has 1 N–H and O–H groups in total. The predicted molar refractivity (Wildman–Crippen MR) is 103 cm³/mol. The molecule has 0 fully saturated rings. The van der Waals surface area contributed by atoms with E-state index in [1.54, 1.807) is 53.8 Å². The summed E-state index contributed by atoms with van der Waals surface area (Å²) in [6.07, 6.45) is 0.320. The van der Waals surface area contributed by atoms with Crippen molar-refractivity contribution >= 4 is 40.3 Å². The molecule has 0 aliphatic carbocycles. The van der Waals surface area contributed by atoms with E-state index in [2.05, 4.69) is 5.32 Å². The molecule has 0 unspecified atom stereocenters. The van der Waals surface area contributed by atoms with Crippen LogP contribution in [0.25, 0.3) is 0 Å². The third-order valence-corrected chi connectivity index (χ3v) is 5.11. The Labute approximate surface area is 155 Å². The van der Waals surface area contributed by atoms with Crippen molar-refractivity contribution in [1.29, 1.82) is 0 Å². The molecule has 1 amide bonds. The first kappa shape index (κ1) is 17.4. The van der Waals surface area contributed by atoms with Gasteiger partial charge in [0.25, 0.3) is 5.91 Å². The minimum absolute atomic E-state index is 0.0275. The van der Waals surface area contributed by atoms with Gasteiger partial charge in [0.05, 0.1) is 5.69 Å². The molecule has 3 rings (SSSR count). The third-order valence-electron chi connectivity index (χ3n) is 3.82. The lowest BCUT2D eigenvalue weighted by Crippen LogP contribution is -2.15.